The molecule has 2 nitrogen and oxygen atoms in total. The van der Waals surface area contributed by atoms with Crippen LogP contribution in [-0.4, -0.2) is 4.98 Å². The molecule has 0 fully saturated rings. The van der Waals surface area contributed by atoms with Gasteiger partial charge in [-0.25, -0.2) is 8.78 Å². The third kappa shape index (κ3) is 3.01. The highest BCUT2D eigenvalue weighted by atomic mass is 19.3. The standard InChI is InChI=1S/C18H23F2N2/c1-6-7-15-8-9-22(14(5)12(15)3)17-10-16(18(19)20)21-13(4)11(17)2/h8-10,18H,6-7H2,1-5H3/q+1. The molecule has 0 spiro atoms. The lowest BCUT2D eigenvalue weighted by Gasteiger charge is -2.11. The van der Waals surface area contributed by atoms with Crippen LogP contribution in [0.5, 0.6) is 0 Å². The van der Waals surface area contributed by atoms with Gasteiger partial charge < -0.3 is 0 Å². The minimum absolute atomic E-state index is 0.166. The molecule has 0 aromatic carbocycles. The van der Waals surface area contributed by atoms with Crippen LogP contribution in [0.25, 0.3) is 5.69 Å². The Morgan fingerprint density at radius 1 is 1.14 bits per heavy atom. The van der Waals surface area contributed by atoms with Crippen LogP contribution in [0.4, 0.5) is 8.78 Å². The topological polar surface area (TPSA) is 16.8 Å². The lowest BCUT2D eigenvalue weighted by Crippen LogP contribution is -2.36. The predicted octanol–water partition coefficient (Wildman–Crippen LogP) is 4.48. The van der Waals surface area contributed by atoms with Crippen molar-refractivity contribution >= 4 is 0 Å². The van der Waals surface area contributed by atoms with Crippen LogP contribution in [0.15, 0.2) is 18.3 Å². The Kier molecular flexibility index (Phi) is 4.89. The van der Waals surface area contributed by atoms with Crippen molar-refractivity contribution < 1.29 is 13.3 Å². The van der Waals surface area contributed by atoms with E-state index >= 15 is 0 Å². The molecule has 0 atom stereocenters. The van der Waals surface area contributed by atoms with E-state index in [0.29, 0.717) is 5.69 Å². The Morgan fingerprint density at radius 3 is 2.41 bits per heavy atom. The molecule has 0 saturated carbocycles. The van der Waals surface area contributed by atoms with Gasteiger partial charge in [-0.1, -0.05) is 13.3 Å². The van der Waals surface area contributed by atoms with Gasteiger partial charge in [0.05, 0.1) is 0 Å². The van der Waals surface area contributed by atoms with Crippen molar-refractivity contribution in [1.82, 2.24) is 4.98 Å². The summed E-state index contributed by atoms with van der Waals surface area (Å²) in [6.07, 6.45) is 1.54. The summed E-state index contributed by atoms with van der Waals surface area (Å²) in [5.74, 6) is 0. The number of pyridine rings is 2. The second kappa shape index (κ2) is 6.51. The van der Waals surface area contributed by atoms with Crippen molar-refractivity contribution in [2.24, 2.45) is 0 Å². The van der Waals surface area contributed by atoms with Gasteiger partial charge in [-0.15, -0.1) is 0 Å². The van der Waals surface area contributed by atoms with Crippen molar-refractivity contribution in [2.45, 2.75) is 53.9 Å². The van der Waals surface area contributed by atoms with E-state index in [1.807, 2.05) is 24.6 Å². The van der Waals surface area contributed by atoms with Gasteiger partial charge in [-0.2, -0.15) is 4.57 Å². The normalized spacial score (nSPS) is 11.3. The lowest BCUT2D eigenvalue weighted by molar-refractivity contribution is -0.603. The molecule has 2 rings (SSSR count). The molecule has 2 aromatic heterocycles. The van der Waals surface area contributed by atoms with Crippen molar-refractivity contribution in [3.8, 4) is 5.69 Å². The van der Waals surface area contributed by atoms with Gasteiger partial charge in [0.2, 0.25) is 5.69 Å². The zero-order chi connectivity index (χ0) is 16.4. The van der Waals surface area contributed by atoms with E-state index in [4.69, 9.17) is 0 Å². The fraction of sp³-hybridized carbons (Fsp3) is 0.444. The maximum absolute atomic E-state index is 13.0. The first kappa shape index (κ1) is 16.5. The fourth-order valence-corrected chi connectivity index (χ4v) is 2.72. The van der Waals surface area contributed by atoms with Gasteiger partial charge in [0.1, 0.15) is 5.69 Å². The zero-order valence-electron chi connectivity index (χ0n) is 13.9. The Bertz CT molecular complexity index is 694. The molecule has 0 unspecified atom stereocenters. The Labute approximate surface area is 130 Å². The molecule has 22 heavy (non-hydrogen) atoms. The zero-order valence-corrected chi connectivity index (χ0v) is 13.9. The Hall–Kier alpha value is -1.84. The third-order valence-corrected chi connectivity index (χ3v) is 4.32. The van der Waals surface area contributed by atoms with Crippen molar-refractivity contribution in [1.29, 1.82) is 0 Å². The van der Waals surface area contributed by atoms with Gasteiger partial charge in [-0.3, -0.25) is 4.98 Å². The van der Waals surface area contributed by atoms with Gasteiger partial charge in [0, 0.05) is 35.9 Å². The molecule has 4 heteroatoms. The molecule has 0 bridgehead atoms. The van der Waals surface area contributed by atoms with Gasteiger partial charge in [-0.05, 0) is 32.8 Å². The summed E-state index contributed by atoms with van der Waals surface area (Å²) < 4.78 is 28.1. The first-order valence-electron chi connectivity index (χ1n) is 7.64. The van der Waals surface area contributed by atoms with E-state index in [1.165, 1.54) is 17.2 Å². The van der Waals surface area contributed by atoms with Crippen LogP contribution in [-0.2, 0) is 6.42 Å². The highest BCUT2D eigenvalue weighted by Crippen LogP contribution is 2.22. The molecule has 0 aliphatic carbocycles. The predicted molar refractivity (Wildman–Crippen MR) is 83.7 cm³/mol. The molecule has 0 saturated heterocycles. The summed E-state index contributed by atoms with van der Waals surface area (Å²) in [5, 5.41) is 0. The highest BCUT2D eigenvalue weighted by Gasteiger charge is 2.22. The highest BCUT2D eigenvalue weighted by molar-refractivity contribution is 5.38. The van der Waals surface area contributed by atoms with Gasteiger partial charge in [0.25, 0.3) is 6.43 Å². The summed E-state index contributed by atoms with van der Waals surface area (Å²) >= 11 is 0. The van der Waals surface area contributed by atoms with E-state index in [1.54, 1.807) is 6.92 Å². The summed E-state index contributed by atoms with van der Waals surface area (Å²) in [7, 11) is 0. The van der Waals surface area contributed by atoms with E-state index in [2.05, 4.69) is 24.9 Å². The van der Waals surface area contributed by atoms with Gasteiger partial charge >= 0.3 is 0 Å². The summed E-state index contributed by atoms with van der Waals surface area (Å²) in [4.78, 5) is 3.99. The van der Waals surface area contributed by atoms with Crippen LogP contribution in [0.1, 0.15) is 53.5 Å². The largest absolute Gasteiger partial charge is 0.280 e. The van der Waals surface area contributed by atoms with Crippen LogP contribution in [0.3, 0.4) is 0 Å². The van der Waals surface area contributed by atoms with Crippen LogP contribution in [0, 0.1) is 27.7 Å². The van der Waals surface area contributed by atoms with Gasteiger partial charge in [0.15, 0.2) is 11.9 Å². The average molecular weight is 305 g/mol. The Balaban J connectivity index is 2.64. The van der Waals surface area contributed by atoms with E-state index in [9.17, 15) is 8.78 Å². The number of halogens is 2. The minimum Gasteiger partial charge on any atom is -0.251 e. The maximum Gasteiger partial charge on any atom is 0.280 e. The van der Waals surface area contributed by atoms with E-state index in [0.717, 1.165) is 29.8 Å². The van der Waals surface area contributed by atoms with Crippen LogP contribution < -0.4 is 4.57 Å². The minimum atomic E-state index is -2.56. The number of alkyl halides is 2. The molecule has 2 aromatic rings. The molecular formula is C18H23F2N2+. The van der Waals surface area contributed by atoms with E-state index < -0.39 is 6.43 Å². The molecular weight excluding hydrogens is 282 g/mol. The SMILES string of the molecule is CCCc1cc[n+](-c2cc(C(F)F)nc(C)c2C)c(C)c1C. The molecule has 0 aliphatic heterocycles. The molecule has 0 aliphatic rings. The summed E-state index contributed by atoms with van der Waals surface area (Å²) in [5.41, 5.74) is 5.81. The fourth-order valence-electron chi connectivity index (χ4n) is 2.72. The van der Waals surface area contributed by atoms with Crippen LogP contribution in [0.2, 0.25) is 0 Å². The maximum atomic E-state index is 13.0. The smallest absolute Gasteiger partial charge is 0.251 e. The molecule has 0 N–H and O–H groups in total. The van der Waals surface area contributed by atoms with E-state index in [-0.39, 0.29) is 5.69 Å². The quantitative estimate of drug-likeness (QED) is 0.761. The molecule has 118 valence electrons. The number of nitrogens with zero attached hydrogens (tertiary/aromatic N) is 2. The van der Waals surface area contributed by atoms with Crippen molar-refractivity contribution in [3.63, 3.8) is 0 Å². The molecule has 2 heterocycles. The van der Waals surface area contributed by atoms with Crippen molar-refractivity contribution in [2.75, 3.05) is 0 Å². The summed E-state index contributed by atoms with van der Waals surface area (Å²) in [6.45, 7) is 9.98. The van der Waals surface area contributed by atoms with Crippen LogP contribution >= 0.6 is 0 Å². The number of hydrogen-bond acceptors (Lipinski definition) is 1. The number of aryl methyl sites for hydroxylation is 2. The number of hydrogen-bond donors (Lipinski definition) is 0. The molecule has 0 amide bonds. The first-order valence-corrected chi connectivity index (χ1v) is 7.64. The Morgan fingerprint density at radius 2 is 1.82 bits per heavy atom. The third-order valence-electron chi connectivity index (χ3n) is 4.32. The van der Waals surface area contributed by atoms with Crippen molar-refractivity contribution in [3.05, 3.63) is 52.1 Å². The monoisotopic (exact) mass is 305 g/mol. The first-order chi connectivity index (χ1) is 10.4. The summed E-state index contributed by atoms with van der Waals surface area (Å²) in [6, 6.07) is 3.59. The number of aromatic nitrogens is 2. The number of rotatable bonds is 4. The lowest BCUT2D eigenvalue weighted by atomic mass is 10.0. The average Bonchev–Trinajstić information content (AvgIpc) is 2.47. The second-order valence-corrected chi connectivity index (χ2v) is 5.75. The second-order valence-electron chi connectivity index (χ2n) is 5.75. The molecule has 0 radical (unpaired) electrons.